The molecule has 4 aliphatic rings. The van der Waals surface area contributed by atoms with E-state index in [-0.39, 0.29) is 67.8 Å². The number of anilines is 1. The summed E-state index contributed by atoms with van der Waals surface area (Å²) in [5, 5.41) is -0.223. The van der Waals surface area contributed by atoms with Crippen LogP contribution in [0.15, 0.2) is 12.3 Å². The van der Waals surface area contributed by atoms with E-state index < -0.39 is 69.2 Å². The van der Waals surface area contributed by atoms with Gasteiger partial charge < -0.3 is 23.8 Å². The number of carbonyl (C=O) groups is 1. The van der Waals surface area contributed by atoms with Gasteiger partial charge in [-0.05, 0) is 53.0 Å². The van der Waals surface area contributed by atoms with Gasteiger partial charge in [-0.15, -0.1) is 0 Å². The third-order valence-corrected chi connectivity index (χ3v) is 10.4. The number of hydrogen-bond acceptors (Lipinski definition) is 10. The fourth-order valence-corrected chi connectivity index (χ4v) is 8.27. The summed E-state index contributed by atoms with van der Waals surface area (Å²) in [6, 6.07) is -0.209. The summed E-state index contributed by atoms with van der Waals surface area (Å²) in [5.74, 6) is -3.72. The van der Waals surface area contributed by atoms with Crippen LogP contribution in [0, 0.1) is 11.6 Å². The number of benzene rings is 1. The molecule has 17 heteroatoms. The molecular weight excluding hydrogens is 698 g/mol. The number of ether oxygens (including phenoxy) is 4. The SMILES string of the molecule is COc1cc(-c2c(F)c(OC)c3c(N4CC5CCC(C4)N5C(=O)OC(C)(C)C)nc(OC[C@@]45CCCN4C[C@H](F)C5)nc3c2F)c(C(F)(F)F)cn1. The average molecular weight is 739 g/mol. The van der Waals surface area contributed by atoms with E-state index in [1.54, 1.807) is 30.6 Å². The molecule has 0 spiro atoms. The van der Waals surface area contributed by atoms with Crippen LogP contribution in [0.25, 0.3) is 22.0 Å². The number of carbonyl (C=O) groups excluding carboxylic acids is 1. The second-order valence-corrected chi connectivity index (χ2v) is 14.9. The maximum Gasteiger partial charge on any atom is 0.418 e. The van der Waals surface area contributed by atoms with Crippen molar-refractivity contribution in [1.29, 1.82) is 0 Å². The highest BCUT2D eigenvalue weighted by atomic mass is 19.4. The predicted octanol–water partition coefficient (Wildman–Crippen LogP) is 6.55. The Morgan fingerprint density at radius 2 is 1.73 bits per heavy atom. The molecule has 4 fully saturated rings. The van der Waals surface area contributed by atoms with Crippen molar-refractivity contribution in [2.24, 2.45) is 0 Å². The second-order valence-electron chi connectivity index (χ2n) is 14.9. The van der Waals surface area contributed by atoms with Crippen LogP contribution in [0.2, 0.25) is 0 Å². The van der Waals surface area contributed by atoms with E-state index in [0.717, 1.165) is 26.7 Å². The quantitative estimate of drug-likeness (QED) is 0.248. The van der Waals surface area contributed by atoms with Gasteiger partial charge in [0.1, 0.15) is 29.7 Å². The number of fused-ring (bicyclic) bond motifs is 4. The van der Waals surface area contributed by atoms with Gasteiger partial charge in [-0.1, -0.05) is 0 Å². The molecular formula is C35H40F6N6O5. The minimum atomic E-state index is -5.05. The molecule has 4 atom stereocenters. The van der Waals surface area contributed by atoms with E-state index in [9.17, 15) is 22.4 Å². The Kier molecular flexibility index (Phi) is 9.01. The zero-order valence-corrected chi connectivity index (χ0v) is 29.5. The number of piperazine rings is 1. The average Bonchev–Trinajstić information content (AvgIpc) is 3.69. The standard InChI is InChI=1S/C35H40F6N6O5/c1-33(2,3)52-32(48)47-19-7-8-20(47)16-45(15-19)30-25-28(43-31(44-30)51-17-34-9-6-10-46(34)14-18(36)12-34)26(37)24(27(38)29(25)50-5)21-11-23(49-4)42-13-22(21)35(39,40)41/h11,13,18-20H,6-10,12,14-17H2,1-5H3/t18-,19?,20?,34+/m1/s1. The lowest BCUT2D eigenvalue weighted by Gasteiger charge is -2.42. The van der Waals surface area contributed by atoms with Gasteiger partial charge in [0, 0.05) is 43.9 Å². The lowest BCUT2D eigenvalue weighted by Crippen LogP contribution is -2.57. The normalized spacial score (nSPS) is 24.8. The molecule has 1 amide bonds. The first-order valence-electron chi connectivity index (χ1n) is 17.2. The Morgan fingerprint density at radius 3 is 2.37 bits per heavy atom. The molecule has 0 radical (unpaired) electrons. The van der Waals surface area contributed by atoms with Crippen molar-refractivity contribution in [2.45, 2.75) is 88.4 Å². The van der Waals surface area contributed by atoms with Gasteiger partial charge >= 0.3 is 18.3 Å². The molecule has 6 heterocycles. The summed E-state index contributed by atoms with van der Waals surface area (Å²) in [5.41, 5.74) is -5.25. The minimum Gasteiger partial charge on any atom is -0.493 e. The number of rotatable bonds is 7. The van der Waals surface area contributed by atoms with Crippen LogP contribution in [0.1, 0.15) is 58.4 Å². The fourth-order valence-electron chi connectivity index (χ4n) is 8.27. The first kappa shape index (κ1) is 36.1. The van der Waals surface area contributed by atoms with Gasteiger partial charge in [-0.25, -0.2) is 22.9 Å². The van der Waals surface area contributed by atoms with Crippen molar-refractivity contribution in [1.82, 2.24) is 24.8 Å². The summed E-state index contributed by atoms with van der Waals surface area (Å²) in [6.45, 7) is 6.60. The van der Waals surface area contributed by atoms with Crippen molar-refractivity contribution < 1.29 is 50.1 Å². The van der Waals surface area contributed by atoms with Crippen LogP contribution < -0.4 is 19.1 Å². The van der Waals surface area contributed by atoms with Crippen molar-refractivity contribution >= 4 is 22.8 Å². The maximum atomic E-state index is 16.9. The third kappa shape index (κ3) is 6.27. The molecule has 3 aromatic rings. The number of pyridine rings is 1. The highest BCUT2D eigenvalue weighted by Gasteiger charge is 2.50. The first-order chi connectivity index (χ1) is 24.5. The Hall–Kier alpha value is -4.28. The molecule has 0 aliphatic carbocycles. The van der Waals surface area contributed by atoms with Gasteiger partial charge in [0.25, 0.3) is 0 Å². The summed E-state index contributed by atoms with van der Waals surface area (Å²) < 4.78 is 113. The van der Waals surface area contributed by atoms with Crippen LogP contribution in [0.5, 0.6) is 17.6 Å². The second kappa shape index (κ2) is 13.0. The molecule has 0 saturated carbocycles. The summed E-state index contributed by atoms with van der Waals surface area (Å²) >= 11 is 0. The van der Waals surface area contributed by atoms with Gasteiger partial charge in [-0.2, -0.15) is 23.1 Å². The molecule has 4 saturated heterocycles. The van der Waals surface area contributed by atoms with Crippen molar-refractivity contribution in [3.63, 3.8) is 0 Å². The van der Waals surface area contributed by atoms with E-state index >= 15 is 8.78 Å². The Bertz CT molecular complexity index is 1880. The molecule has 11 nitrogen and oxygen atoms in total. The molecule has 2 unspecified atom stereocenters. The van der Waals surface area contributed by atoms with E-state index in [1.807, 2.05) is 4.90 Å². The molecule has 4 aliphatic heterocycles. The summed E-state index contributed by atoms with van der Waals surface area (Å²) in [6.07, 6.45) is -3.17. The number of alkyl halides is 4. The van der Waals surface area contributed by atoms with Gasteiger partial charge in [-0.3, -0.25) is 9.80 Å². The maximum absolute atomic E-state index is 16.9. The minimum absolute atomic E-state index is 0.0147. The van der Waals surface area contributed by atoms with Crippen LogP contribution in [0.4, 0.5) is 37.0 Å². The van der Waals surface area contributed by atoms with Crippen LogP contribution in [-0.2, 0) is 10.9 Å². The highest BCUT2D eigenvalue weighted by Crippen LogP contribution is 2.48. The van der Waals surface area contributed by atoms with E-state index in [0.29, 0.717) is 32.0 Å². The first-order valence-corrected chi connectivity index (χ1v) is 17.2. The van der Waals surface area contributed by atoms with Gasteiger partial charge in [0.2, 0.25) is 5.88 Å². The van der Waals surface area contributed by atoms with Crippen LogP contribution >= 0.6 is 0 Å². The lowest BCUT2D eigenvalue weighted by atomic mass is 9.95. The Labute approximate surface area is 296 Å². The topological polar surface area (TPSA) is 102 Å². The van der Waals surface area contributed by atoms with Gasteiger partial charge in [0.15, 0.2) is 17.4 Å². The van der Waals surface area contributed by atoms with Gasteiger partial charge in [0.05, 0.1) is 48.4 Å². The largest absolute Gasteiger partial charge is 0.493 e. The monoisotopic (exact) mass is 738 g/mol. The molecule has 1 aromatic carbocycles. The number of nitrogens with zero attached hydrogens (tertiary/aromatic N) is 6. The van der Waals surface area contributed by atoms with Crippen molar-refractivity contribution in [2.75, 3.05) is 51.9 Å². The highest BCUT2D eigenvalue weighted by molar-refractivity contribution is 5.99. The summed E-state index contributed by atoms with van der Waals surface area (Å²) in [7, 11) is 2.27. The molecule has 52 heavy (non-hydrogen) atoms. The third-order valence-electron chi connectivity index (χ3n) is 10.4. The van der Waals surface area contributed by atoms with Crippen molar-refractivity contribution in [3.8, 4) is 28.8 Å². The lowest BCUT2D eigenvalue weighted by molar-refractivity contribution is -0.137. The molecule has 282 valence electrons. The van der Waals surface area contributed by atoms with E-state index in [4.69, 9.17) is 18.9 Å². The van der Waals surface area contributed by atoms with Crippen LogP contribution in [0.3, 0.4) is 0 Å². The van der Waals surface area contributed by atoms with Crippen molar-refractivity contribution in [3.05, 3.63) is 29.5 Å². The Morgan fingerprint density at radius 1 is 1.02 bits per heavy atom. The number of aromatic nitrogens is 3. The molecule has 7 rings (SSSR count). The zero-order chi connectivity index (χ0) is 37.3. The molecule has 2 aromatic heterocycles. The zero-order valence-electron chi connectivity index (χ0n) is 29.5. The fraction of sp³-hybridized carbons (Fsp3) is 0.600. The molecule has 2 bridgehead atoms. The smallest absolute Gasteiger partial charge is 0.418 e. The van der Waals surface area contributed by atoms with E-state index in [2.05, 4.69) is 15.0 Å². The molecule has 0 N–H and O–H groups in total. The number of methoxy groups -OCH3 is 2. The van der Waals surface area contributed by atoms with Crippen LogP contribution in [-0.4, -0.2) is 107 Å². The summed E-state index contributed by atoms with van der Waals surface area (Å²) in [4.78, 5) is 31.2. The number of halogens is 6. The number of hydrogen-bond donors (Lipinski definition) is 0. The number of amides is 1. The van der Waals surface area contributed by atoms with E-state index in [1.165, 1.54) is 0 Å². The predicted molar refractivity (Wildman–Crippen MR) is 176 cm³/mol. The Balaban J connectivity index is 1.38.